The minimum absolute atomic E-state index is 0.467. The molecule has 0 bridgehead atoms. The summed E-state index contributed by atoms with van der Waals surface area (Å²) >= 11 is 0. The zero-order valence-electron chi connectivity index (χ0n) is 12.2. The number of rotatable bonds is 0. The van der Waals surface area contributed by atoms with E-state index in [0.29, 0.717) is 5.78 Å². The Morgan fingerprint density at radius 1 is 0.722 bits per heavy atom. The van der Waals surface area contributed by atoms with Gasteiger partial charge in [0.2, 0.25) is 0 Å². The van der Waals surface area contributed by atoms with Crippen molar-refractivity contribution in [3.05, 3.63) is 11.6 Å². The Hall–Kier alpha value is -0.590. The highest BCUT2D eigenvalue weighted by molar-refractivity contribution is 5.78. The number of hydrogen-bond acceptors (Lipinski definition) is 1. The van der Waals surface area contributed by atoms with Crippen LogP contribution in [0, 0.1) is 0 Å². The van der Waals surface area contributed by atoms with Gasteiger partial charge in [-0.3, -0.25) is 4.79 Å². The average Bonchev–Trinajstić information content (AvgIpc) is 2.36. The second-order valence-electron chi connectivity index (χ2n) is 5.81. The van der Waals surface area contributed by atoms with Crippen LogP contribution in [0.15, 0.2) is 11.6 Å². The predicted octanol–water partition coefficient (Wildman–Crippen LogP) is 5.59. The van der Waals surface area contributed by atoms with E-state index in [9.17, 15) is 4.79 Å². The lowest BCUT2D eigenvalue weighted by atomic mass is 10.0. The molecule has 1 aliphatic carbocycles. The molecule has 0 aromatic heterocycles. The third kappa shape index (κ3) is 8.49. The van der Waals surface area contributed by atoms with Gasteiger partial charge in [0.05, 0.1) is 0 Å². The Bertz CT molecular complexity index is 252. The summed E-state index contributed by atoms with van der Waals surface area (Å²) in [6, 6.07) is 0. The van der Waals surface area contributed by atoms with Crippen LogP contribution < -0.4 is 0 Å². The van der Waals surface area contributed by atoms with Crippen molar-refractivity contribution in [1.82, 2.24) is 0 Å². The van der Waals surface area contributed by atoms with E-state index >= 15 is 0 Å². The van der Waals surface area contributed by atoms with E-state index in [1.165, 1.54) is 63.4 Å². The van der Waals surface area contributed by atoms with Crippen molar-refractivity contribution in [3.8, 4) is 0 Å². The summed E-state index contributed by atoms with van der Waals surface area (Å²) in [5, 5.41) is 0. The zero-order valence-corrected chi connectivity index (χ0v) is 12.2. The van der Waals surface area contributed by atoms with Crippen LogP contribution in [0.2, 0.25) is 0 Å². The largest absolute Gasteiger partial charge is 0.300 e. The second-order valence-corrected chi connectivity index (χ2v) is 5.81. The molecule has 0 unspecified atom stereocenters. The molecule has 1 rings (SSSR count). The van der Waals surface area contributed by atoms with Gasteiger partial charge in [0, 0.05) is 12.8 Å². The molecule has 0 saturated heterocycles. The van der Waals surface area contributed by atoms with Gasteiger partial charge in [0.15, 0.2) is 0 Å². The summed E-state index contributed by atoms with van der Waals surface area (Å²) in [4.78, 5) is 11.7. The van der Waals surface area contributed by atoms with Crippen molar-refractivity contribution in [1.29, 1.82) is 0 Å². The van der Waals surface area contributed by atoms with Crippen molar-refractivity contribution in [3.63, 3.8) is 0 Å². The maximum absolute atomic E-state index is 11.7. The fraction of sp³-hybridized carbons (Fsp3) is 0.824. The molecule has 0 radical (unpaired) electrons. The Labute approximate surface area is 113 Å². The minimum Gasteiger partial charge on any atom is -0.300 e. The van der Waals surface area contributed by atoms with Gasteiger partial charge >= 0.3 is 0 Å². The van der Waals surface area contributed by atoms with Gasteiger partial charge in [-0.15, -0.1) is 0 Å². The molecule has 0 atom stereocenters. The Morgan fingerprint density at radius 2 is 1.28 bits per heavy atom. The number of allylic oxidation sites excluding steroid dienone is 2. The smallest absolute Gasteiger partial charge is 0.133 e. The molecular formula is C17H30O. The number of hydrogen-bond donors (Lipinski definition) is 0. The maximum Gasteiger partial charge on any atom is 0.133 e. The van der Waals surface area contributed by atoms with E-state index in [1.54, 1.807) is 0 Å². The summed E-state index contributed by atoms with van der Waals surface area (Å²) in [6.07, 6.45) is 18.1. The summed E-state index contributed by atoms with van der Waals surface area (Å²) < 4.78 is 0. The molecule has 1 aliphatic rings. The fourth-order valence-electron chi connectivity index (χ4n) is 2.62. The molecule has 0 amide bonds. The van der Waals surface area contributed by atoms with Gasteiger partial charge < -0.3 is 0 Å². The zero-order chi connectivity index (χ0) is 13.1. The van der Waals surface area contributed by atoms with Gasteiger partial charge in [-0.1, -0.05) is 56.6 Å². The van der Waals surface area contributed by atoms with Crippen LogP contribution in [0.5, 0.6) is 0 Å². The van der Waals surface area contributed by atoms with Crippen LogP contribution in [0.25, 0.3) is 0 Å². The molecule has 1 nitrogen and oxygen atoms in total. The van der Waals surface area contributed by atoms with Crippen molar-refractivity contribution in [2.24, 2.45) is 0 Å². The van der Waals surface area contributed by atoms with E-state index in [0.717, 1.165) is 25.7 Å². The van der Waals surface area contributed by atoms with Crippen LogP contribution in [0.4, 0.5) is 0 Å². The molecule has 104 valence electrons. The van der Waals surface area contributed by atoms with Crippen molar-refractivity contribution in [2.45, 2.75) is 90.4 Å². The molecule has 0 aromatic carbocycles. The Balaban J connectivity index is 2.29. The summed E-state index contributed by atoms with van der Waals surface area (Å²) in [5.74, 6) is 0.467. The molecular weight excluding hydrogens is 220 g/mol. The summed E-state index contributed by atoms with van der Waals surface area (Å²) in [5.41, 5.74) is 1.41. The van der Waals surface area contributed by atoms with Crippen molar-refractivity contribution in [2.75, 3.05) is 0 Å². The number of ketones is 1. The SMILES string of the molecule is C/C1=C\CCCCCCCCCCCC(=O)CC1. The number of carbonyl (C=O) groups is 1. The molecule has 0 fully saturated rings. The normalized spacial score (nSPS) is 25.4. The van der Waals surface area contributed by atoms with Crippen LogP contribution in [0.3, 0.4) is 0 Å². The second kappa shape index (κ2) is 10.3. The van der Waals surface area contributed by atoms with E-state index in [-0.39, 0.29) is 0 Å². The van der Waals surface area contributed by atoms with Gasteiger partial charge in [0.1, 0.15) is 5.78 Å². The Kier molecular flexibility index (Phi) is 8.89. The lowest BCUT2D eigenvalue weighted by molar-refractivity contribution is -0.119. The predicted molar refractivity (Wildman–Crippen MR) is 78.8 cm³/mol. The molecule has 0 heterocycles. The summed E-state index contributed by atoms with van der Waals surface area (Å²) in [6.45, 7) is 2.18. The third-order valence-corrected chi connectivity index (χ3v) is 3.95. The molecule has 0 aliphatic heterocycles. The van der Waals surface area contributed by atoms with E-state index in [4.69, 9.17) is 0 Å². The van der Waals surface area contributed by atoms with Crippen molar-refractivity contribution < 1.29 is 4.79 Å². The number of carbonyl (C=O) groups excluding carboxylic acids is 1. The first kappa shape index (κ1) is 15.5. The van der Waals surface area contributed by atoms with E-state index in [2.05, 4.69) is 13.0 Å². The third-order valence-electron chi connectivity index (χ3n) is 3.95. The Morgan fingerprint density at radius 3 is 1.94 bits per heavy atom. The van der Waals surface area contributed by atoms with Gasteiger partial charge in [-0.25, -0.2) is 0 Å². The van der Waals surface area contributed by atoms with Crippen LogP contribution >= 0.6 is 0 Å². The van der Waals surface area contributed by atoms with Gasteiger partial charge in [-0.2, -0.15) is 0 Å². The highest BCUT2D eigenvalue weighted by Gasteiger charge is 2.03. The van der Waals surface area contributed by atoms with Crippen LogP contribution in [0.1, 0.15) is 90.4 Å². The highest BCUT2D eigenvalue weighted by Crippen LogP contribution is 2.15. The van der Waals surface area contributed by atoms with Gasteiger partial charge in [0.25, 0.3) is 0 Å². The highest BCUT2D eigenvalue weighted by atomic mass is 16.1. The molecule has 0 aromatic rings. The van der Waals surface area contributed by atoms with E-state index in [1.807, 2.05) is 0 Å². The lowest BCUT2D eigenvalue weighted by Crippen LogP contribution is -1.98. The first-order valence-electron chi connectivity index (χ1n) is 7.96. The molecule has 1 heteroatoms. The quantitative estimate of drug-likeness (QED) is 0.512. The maximum atomic E-state index is 11.7. The number of Topliss-reactive ketones (excluding diaryl/α,β-unsaturated/α-hetero) is 1. The standard InChI is InChI=1S/C17H30O/c1-16-12-10-8-6-4-2-3-5-7-9-11-13-17(18)15-14-16/h12H,2-11,13-15H2,1H3/b16-12+. The van der Waals surface area contributed by atoms with Crippen molar-refractivity contribution >= 4 is 5.78 Å². The topological polar surface area (TPSA) is 17.1 Å². The average molecular weight is 250 g/mol. The molecule has 18 heavy (non-hydrogen) atoms. The molecule has 0 N–H and O–H groups in total. The molecule has 0 spiro atoms. The summed E-state index contributed by atoms with van der Waals surface area (Å²) in [7, 11) is 0. The first-order valence-corrected chi connectivity index (χ1v) is 7.96. The van der Waals surface area contributed by atoms with Crippen LogP contribution in [-0.4, -0.2) is 5.78 Å². The molecule has 0 saturated carbocycles. The van der Waals surface area contributed by atoms with E-state index < -0.39 is 0 Å². The van der Waals surface area contributed by atoms with Crippen LogP contribution in [-0.2, 0) is 4.79 Å². The fourth-order valence-corrected chi connectivity index (χ4v) is 2.62. The minimum atomic E-state index is 0.467. The monoisotopic (exact) mass is 250 g/mol. The first-order chi connectivity index (χ1) is 8.79. The van der Waals surface area contributed by atoms with Gasteiger partial charge in [-0.05, 0) is 32.6 Å². The lowest BCUT2D eigenvalue weighted by Gasteiger charge is -2.05.